The molecule has 0 aliphatic carbocycles. The van der Waals surface area contributed by atoms with Gasteiger partial charge in [-0.25, -0.2) is 8.42 Å². The molecule has 1 aromatic heterocycles. The van der Waals surface area contributed by atoms with Crippen molar-refractivity contribution in [3.05, 3.63) is 60.1 Å². The van der Waals surface area contributed by atoms with E-state index in [0.29, 0.717) is 18.8 Å². The first-order chi connectivity index (χ1) is 12.8. The van der Waals surface area contributed by atoms with Gasteiger partial charge >= 0.3 is 0 Å². The van der Waals surface area contributed by atoms with E-state index in [4.69, 9.17) is 4.42 Å². The predicted molar refractivity (Wildman–Crippen MR) is 105 cm³/mol. The molecule has 1 aromatic carbocycles. The summed E-state index contributed by atoms with van der Waals surface area (Å²) in [6.45, 7) is 6.36. The number of nitrogens with zero attached hydrogens (tertiary/aromatic N) is 2. The van der Waals surface area contributed by atoms with E-state index < -0.39 is 10.0 Å². The normalized spacial score (nSPS) is 13.2. The molecule has 0 aliphatic rings. The lowest BCUT2D eigenvalue weighted by Crippen LogP contribution is -2.30. The van der Waals surface area contributed by atoms with Gasteiger partial charge in [-0.05, 0) is 42.8 Å². The lowest BCUT2D eigenvalue weighted by atomic mass is 10.2. The molecule has 0 aliphatic heterocycles. The van der Waals surface area contributed by atoms with Crippen molar-refractivity contribution in [2.24, 2.45) is 0 Å². The van der Waals surface area contributed by atoms with E-state index in [0.717, 1.165) is 5.56 Å². The number of furan rings is 1. The lowest BCUT2D eigenvalue weighted by molar-refractivity contribution is -0.126. The van der Waals surface area contributed by atoms with E-state index in [1.54, 1.807) is 54.6 Å². The third-order valence-corrected chi connectivity index (χ3v) is 6.59. The fourth-order valence-electron chi connectivity index (χ4n) is 2.66. The molecule has 6 nitrogen and oxygen atoms in total. The molecule has 0 fully saturated rings. The standard InChI is InChI=1S/C20H26N2O4S/c1-5-22(6-2)27(24,25)18-12-9-17(10-13-18)11-14-20(23)21(4)16(3)19-8-7-15-26-19/h7-16H,5-6H2,1-4H3/b14-11+. The summed E-state index contributed by atoms with van der Waals surface area (Å²) < 4.78 is 31.7. The van der Waals surface area contributed by atoms with Crippen LogP contribution < -0.4 is 0 Å². The van der Waals surface area contributed by atoms with Gasteiger partial charge in [0.2, 0.25) is 15.9 Å². The molecule has 0 N–H and O–H groups in total. The number of sulfonamides is 1. The van der Waals surface area contributed by atoms with Crippen molar-refractivity contribution in [2.45, 2.75) is 31.7 Å². The number of carbonyl (C=O) groups is 1. The molecule has 1 unspecified atom stereocenters. The Bertz CT molecular complexity index is 867. The summed E-state index contributed by atoms with van der Waals surface area (Å²) in [5.41, 5.74) is 0.751. The summed E-state index contributed by atoms with van der Waals surface area (Å²) >= 11 is 0. The molecule has 0 bridgehead atoms. The van der Waals surface area contributed by atoms with Gasteiger partial charge in [-0.15, -0.1) is 0 Å². The van der Waals surface area contributed by atoms with Crippen molar-refractivity contribution >= 4 is 22.0 Å². The van der Waals surface area contributed by atoms with Crippen molar-refractivity contribution in [3.63, 3.8) is 0 Å². The Morgan fingerprint density at radius 3 is 2.30 bits per heavy atom. The molecule has 1 heterocycles. The van der Waals surface area contributed by atoms with Crippen molar-refractivity contribution in [2.75, 3.05) is 20.1 Å². The van der Waals surface area contributed by atoms with Crippen LogP contribution in [0.5, 0.6) is 0 Å². The fourth-order valence-corrected chi connectivity index (χ4v) is 4.12. The van der Waals surface area contributed by atoms with Crippen LogP contribution in [0.15, 0.2) is 58.1 Å². The summed E-state index contributed by atoms with van der Waals surface area (Å²) in [6.07, 6.45) is 4.71. The van der Waals surface area contributed by atoms with Crippen LogP contribution in [-0.4, -0.2) is 43.7 Å². The number of likely N-dealkylation sites (N-methyl/N-ethyl adjacent to an activating group) is 1. The van der Waals surface area contributed by atoms with Gasteiger partial charge in [-0.3, -0.25) is 4.79 Å². The van der Waals surface area contributed by atoms with Crippen LogP contribution in [0.3, 0.4) is 0 Å². The Hall–Kier alpha value is -2.38. The van der Waals surface area contributed by atoms with Gasteiger partial charge in [0.15, 0.2) is 0 Å². The monoisotopic (exact) mass is 390 g/mol. The fraction of sp³-hybridized carbons (Fsp3) is 0.350. The molecule has 2 rings (SSSR count). The van der Waals surface area contributed by atoms with E-state index in [-0.39, 0.29) is 16.8 Å². The maximum Gasteiger partial charge on any atom is 0.246 e. The van der Waals surface area contributed by atoms with Gasteiger partial charge < -0.3 is 9.32 Å². The predicted octanol–water partition coefficient (Wildman–Crippen LogP) is 3.54. The highest BCUT2D eigenvalue weighted by atomic mass is 32.2. The Balaban J connectivity index is 2.08. The van der Waals surface area contributed by atoms with Crippen LogP contribution in [0.1, 0.15) is 38.1 Å². The molecule has 1 atom stereocenters. The second kappa shape index (κ2) is 9.01. The Labute approximate surface area is 161 Å². The molecule has 146 valence electrons. The third kappa shape index (κ3) is 4.87. The first-order valence-corrected chi connectivity index (χ1v) is 10.3. The van der Waals surface area contributed by atoms with Crippen molar-refractivity contribution in [1.82, 2.24) is 9.21 Å². The van der Waals surface area contributed by atoms with Crippen LogP contribution in [0.2, 0.25) is 0 Å². The SMILES string of the molecule is CCN(CC)S(=O)(=O)c1ccc(/C=C/C(=O)N(C)C(C)c2ccco2)cc1. The van der Waals surface area contributed by atoms with Crippen LogP contribution in [-0.2, 0) is 14.8 Å². The van der Waals surface area contributed by atoms with Crippen LogP contribution in [0.4, 0.5) is 0 Å². The minimum absolute atomic E-state index is 0.168. The first-order valence-electron chi connectivity index (χ1n) is 8.89. The van der Waals surface area contributed by atoms with Gasteiger partial charge in [0, 0.05) is 26.2 Å². The molecule has 27 heavy (non-hydrogen) atoms. The molecule has 0 saturated carbocycles. The summed E-state index contributed by atoms with van der Waals surface area (Å²) in [5, 5.41) is 0. The molecule has 0 spiro atoms. The topological polar surface area (TPSA) is 70.8 Å². The van der Waals surface area contributed by atoms with Gasteiger partial charge in [0.1, 0.15) is 5.76 Å². The molecule has 0 saturated heterocycles. The zero-order chi connectivity index (χ0) is 20.0. The number of benzene rings is 1. The third-order valence-electron chi connectivity index (χ3n) is 4.53. The van der Waals surface area contributed by atoms with E-state index in [1.807, 2.05) is 26.8 Å². The van der Waals surface area contributed by atoms with Crippen molar-refractivity contribution < 1.29 is 17.6 Å². The van der Waals surface area contributed by atoms with Gasteiger partial charge in [-0.1, -0.05) is 26.0 Å². The highest BCUT2D eigenvalue weighted by molar-refractivity contribution is 7.89. The first kappa shape index (κ1) is 20.9. The number of hydrogen-bond donors (Lipinski definition) is 0. The van der Waals surface area contributed by atoms with Gasteiger partial charge in [0.05, 0.1) is 17.2 Å². The van der Waals surface area contributed by atoms with Crippen LogP contribution in [0.25, 0.3) is 6.08 Å². The zero-order valence-corrected chi connectivity index (χ0v) is 16.9. The van der Waals surface area contributed by atoms with E-state index in [2.05, 4.69) is 0 Å². The Morgan fingerprint density at radius 1 is 1.15 bits per heavy atom. The quantitative estimate of drug-likeness (QED) is 0.647. The number of carbonyl (C=O) groups excluding carboxylic acids is 1. The minimum Gasteiger partial charge on any atom is -0.467 e. The van der Waals surface area contributed by atoms with Crippen molar-refractivity contribution in [1.29, 1.82) is 0 Å². The highest BCUT2D eigenvalue weighted by Crippen LogP contribution is 2.20. The molecule has 2 aromatic rings. The zero-order valence-electron chi connectivity index (χ0n) is 16.1. The maximum absolute atomic E-state index is 12.5. The second-order valence-corrected chi connectivity index (χ2v) is 8.07. The summed E-state index contributed by atoms with van der Waals surface area (Å²) in [4.78, 5) is 14.2. The Kier molecular flexibility index (Phi) is 6.98. The smallest absolute Gasteiger partial charge is 0.246 e. The molecule has 7 heteroatoms. The van der Waals surface area contributed by atoms with Crippen LogP contribution >= 0.6 is 0 Å². The molecule has 0 radical (unpaired) electrons. The molecular formula is C20H26N2O4S. The van der Waals surface area contributed by atoms with E-state index in [1.165, 1.54) is 10.4 Å². The average molecular weight is 391 g/mol. The lowest BCUT2D eigenvalue weighted by Gasteiger charge is -2.21. The Morgan fingerprint density at radius 2 is 1.78 bits per heavy atom. The second-order valence-electron chi connectivity index (χ2n) is 6.13. The summed E-state index contributed by atoms with van der Waals surface area (Å²) in [7, 11) is -1.77. The van der Waals surface area contributed by atoms with Gasteiger partial charge in [0.25, 0.3) is 0 Å². The van der Waals surface area contributed by atoms with E-state index in [9.17, 15) is 13.2 Å². The van der Waals surface area contributed by atoms with Crippen molar-refractivity contribution in [3.8, 4) is 0 Å². The number of rotatable bonds is 8. The average Bonchev–Trinajstić information content (AvgIpc) is 3.20. The molecular weight excluding hydrogens is 364 g/mol. The maximum atomic E-state index is 12.5. The van der Waals surface area contributed by atoms with E-state index >= 15 is 0 Å². The van der Waals surface area contributed by atoms with Gasteiger partial charge in [-0.2, -0.15) is 4.31 Å². The van der Waals surface area contributed by atoms with Crippen LogP contribution in [0, 0.1) is 0 Å². The number of hydrogen-bond acceptors (Lipinski definition) is 4. The number of amides is 1. The minimum atomic E-state index is -3.48. The highest BCUT2D eigenvalue weighted by Gasteiger charge is 2.21. The summed E-state index contributed by atoms with van der Waals surface area (Å²) in [5.74, 6) is 0.545. The summed E-state index contributed by atoms with van der Waals surface area (Å²) in [6, 6.07) is 9.94. The molecule has 1 amide bonds. The largest absolute Gasteiger partial charge is 0.467 e.